The molecule has 2 amide bonds. The van der Waals surface area contributed by atoms with E-state index in [4.69, 9.17) is 0 Å². The van der Waals surface area contributed by atoms with Gasteiger partial charge in [0.05, 0.1) is 5.92 Å². The van der Waals surface area contributed by atoms with Crippen LogP contribution in [0, 0.1) is 12.8 Å². The zero-order chi connectivity index (χ0) is 21.1. The molecule has 0 aromatic heterocycles. The molecule has 0 saturated carbocycles. The average molecular weight is 406 g/mol. The van der Waals surface area contributed by atoms with Gasteiger partial charge in [-0.25, -0.2) is 0 Å². The van der Waals surface area contributed by atoms with Crippen molar-refractivity contribution in [3.63, 3.8) is 0 Å². The fourth-order valence-electron chi connectivity index (χ4n) is 4.73. The number of carbonyl (C=O) groups is 2. The molecule has 0 aliphatic carbocycles. The Balaban J connectivity index is 1.38. The summed E-state index contributed by atoms with van der Waals surface area (Å²) < 4.78 is 0. The third kappa shape index (κ3) is 4.35. The molecule has 0 spiro atoms. The van der Waals surface area contributed by atoms with Crippen LogP contribution in [-0.2, 0) is 4.79 Å². The number of carbonyl (C=O) groups excluding carboxylic acids is 2. The third-order valence-corrected chi connectivity index (χ3v) is 6.35. The van der Waals surface area contributed by atoms with Crippen LogP contribution in [0.1, 0.15) is 35.7 Å². The van der Waals surface area contributed by atoms with Gasteiger partial charge in [-0.05, 0) is 56.5 Å². The topological polar surface area (TPSA) is 43.9 Å². The predicted octanol–water partition coefficient (Wildman–Crippen LogP) is 3.58. The van der Waals surface area contributed by atoms with Crippen LogP contribution < -0.4 is 4.90 Å². The van der Waals surface area contributed by atoms with Gasteiger partial charge in [-0.15, -0.1) is 0 Å². The summed E-state index contributed by atoms with van der Waals surface area (Å²) in [6, 6.07) is 18.2. The second kappa shape index (κ2) is 8.90. The van der Waals surface area contributed by atoms with Crippen LogP contribution in [0.5, 0.6) is 0 Å². The molecule has 1 unspecified atom stereocenters. The minimum absolute atomic E-state index is 0.0331. The molecular formula is C25H31N3O2. The highest BCUT2D eigenvalue weighted by Crippen LogP contribution is 2.25. The second-order valence-corrected chi connectivity index (χ2v) is 8.62. The molecule has 2 aliphatic heterocycles. The first-order valence-electron chi connectivity index (χ1n) is 11.0. The van der Waals surface area contributed by atoms with Gasteiger partial charge in [-0.3, -0.25) is 9.59 Å². The number of piperidine rings is 1. The van der Waals surface area contributed by atoms with Gasteiger partial charge < -0.3 is 14.7 Å². The maximum absolute atomic E-state index is 13.3. The summed E-state index contributed by atoms with van der Waals surface area (Å²) in [4.78, 5) is 32.3. The number of benzene rings is 2. The van der Waals surface area contributed by atoms with Crippen molar-refractivity contribution in [1.82, 2.24) is 9.80 Å². The largest absolute Gasteiger partial charge is 0.365 e. The van der Waals surface area contributed by atoms with Crippen LogP contribution in [0.4, 0.5) is 5.69 Å². The van der Waals surface area contributed by atoms with Crippen LogP contribution in [0.15, 0.2) is 54.6 Å². The quantitative estimate of drug-likeness (QED) is 0.784. The van der Waals surface area contributed by atoms with Crippen molar-refractivity contribution in [1.29, 1.82) is 0 Å². The summed E-state index contributed by atoms with van der Waals surface area (Å²) in [5.41, 5.74) is 3.18. The lowest BCUT2D eigenvalue weighted by atomic mass is 9.95. The highest BCUT2D eigenvalue weighted by atomic mass is 16.2. The summed E-state index contributed by atoms with van der Waals surface area (Å²) >= 11 is 0. The summed E-state index contributed by atoms with van der Waals surface area (Å²) in [5.74, 6) is 0.145. The molecule has 0 radical (unpaired) electrons. The summed E-state index contributed by atoms with van der Waals surface area (Å²) in [5, 5.41) is 0. The molecule has 0 bridgehead atoms. The molecule has 158 valence electrons. The standard InChI is InChI=1S/C25H31N3O2/c1-19-8-6-12-23(16-19)28-15-14-27(17-20(28)2)25(30)22-11-7-13-26(18-22)24(29)21-9-4-3-5-10-21/h3-6,8-10,12,16,20,22H,7,11,13-15,17-18H2,1-2H3/t20?,22-/m0/s1. The maximum Gasteiger partial charge on any atom is 0.253 e. The van der Waals surface area contributed by atoms with E-state index in [0.717, 1.165) is 39.0 Å². The molecule has 2 aromatic rings. The molecule has 2 aliphatic rings. The number of nitrogens with zero attached hydrogens (tertiary/aromatic N) is 3. The van der Waals surface area contributed by atoms with Crippen LogP contribution >= 0.6 is 0 Å². The van der Waals surface area contributed by atoms with Gasteiger partial charge in [0.15, 0.2) is 0 Å². The Kier molecular flexibility index (Phi) is 6.07. The zero-order valence-electron chi connectivity index (χ0n) is 18.0. The van der Waals surface area contributed by atoms with E-state index in [0.29, 0.717) is 12.1 Å². The highest BCUT2D eigenvalue weighted by Gasteiger charge is 2.34. The molecule has 30 heavy (non-hydrogen) atoms. The highest BCUT2D eigenvalue weighted by molar-refractivity contribution is 5.94. The van der Waals surface area contributed by atoms with Crippen molar-refractivity contribution in [2.75, 3.05) is 37.6 Å². The molecule has 2 saturated heterocycles. The summed E-state index contributed by atoms with van der Waals surface area (Å²) in [6.45, 7) is 7.87. The third-order valence-electron chi connectivity index (χ3n) is 6.35. The number of hydrogen-bond donors (Lipinski definition) is 0. The fourth-order valence-corrected chi connectivity index (χ4v) is 4.73. The number of anilines is 1. The fraction of sp³-hybridized carbons (Fsp3) is 0.440. The Morgan fingerprint density at radius 3 is 2.43 bits per heavy atom. The Hall–Kier alpha value is -2.82. The molecule has 2 fully saturated rings. The van der Waals surface area contributed by atoms with Gasteiger partial charge in [0.25, 0.3) is 5.91 Å². The van der Waals surface area contributed by atoms with E-state index in [1.165, 1.54) is 11.3 Å². The molecule has 5 heteroatoms. The Bertz CT molecular complexity index is 898. The van der Waals surface area contributed by atoms with Gasteiger partial charge in [0.1, 0.15) is 0 Å². The number of amides is 2. The molecule has 4 rings (SSSR count). The molecule has 2 heterocycles. The van der Waals surface area contributed by atoms with Crippen LogP contribution in [0.3, 0.4) is 0 Å². The van der Waals surface area contributed by atoms with E-state index in [-0.39, 0.29) is 23.8 Å². The van der Waals surface area contributed by atoms with Crippen LogP contribution in [-0.4, -0.2) is 60.4 Å². The van der Waals surface area contributed by atoms with Crippen LogP contribution in [0.2, 0.25) is 0 Å². The first-order valence-corrected chi connectivity index (χ1v) is 11.0. The lowest BCUT2D eigenvalue weighted by Gasteiger charge is -2.43. The van der Waals surface area contributed by atoms with Gasteiger partial charge in [0.2, 0.25) is 5.91 Å². The van der Waals surface area contributed by atoms with E-state index in [1.807, 2.05) is 40.1 Å². The number of aryl methyl sites for hydroxylation is 1. The van der Waals surface area contributed by atoms with E-state index in [1.54, 1.807) is 0 Å². The number of likely N-dealkylation sites (tertiary alicyclic amines) is 1. The van der Waals surface area contributed by atoms with Gasteiger partial charge in [0, 0.05) is 50.0 Å². The number of hydrogen-bond acceptors (Lipinski definition) is 3. The van der Waals surface area contributed by atoms with Crippen molar-refractivity contribution in [3.05, 3.63) is 65.7 Å². The van der Waals surface area contributed by atoms with Gasteiger partial charge in [-0.1, -0.05) is 30.3 Å². The van der Waals surface area contributed by atoms with E-state index in [2.05, 4.69) is 43.0 Å². The van der Waals surface area contributed by atoms with Crippen LogP contribution in [0.25, 0.3) is 0 Å². The molecular weight excluding hydrogens is 374 g/mol. The first kappa shape index (κ1) is 20.5. The minimum atomic E-state index is -0.0934. The van der Waals surface area contributed by atoms with E-state index < -0.39 is 0 Å². The number of rotatable bonds is 3. The summed E-state index contributed by atoms with van der Waals surface area (Å²) in [6.07, 6.45) is 1.75. The lowest BCUT2D eigenvalue weighted by Crippen LogP contribution is -2.56. The van der Waals surface area contributed by atoms with Crippen molar-refractivity contribution in [3.8, 4) is 0 Å². The van der Waals surface area contributed by atoms with Gasteiger partial charge >= 0.3 is 0 Å². The summed E-state index contributed by atoms with van der Waals surface area (Å²) in [7, 11) is 0. The SMILES string of the molecule is Cc1cccc(N2CCN(C(=O)[C@H]3CCCN(C(=O)c4ccccc4)C3)CC2C)c1. The van der Waals surface area contributed by atoms with Gasteiger partial charge in [-0.2, -0.15) is 0 Å². The maximum atomic E-state index is 13.3. The van der Waals surface area contributed by atoms with Crippen molar-refractivity contribution in [2.45, 2.75) is 32.7 Å². The minimum Gasteiger partial charge on any atom is -0.365 e. The lowest BCUT2D eigenvalue weighted by molar-refractivity contribution is -0.137. The smallest absolute Gasteiger partial charge is 0.253 e. The number of piperazine rings is 1. The average Bonchev–Trinajstić information content (AvgIpc) is 2.78. The predicted molar refractivity (Wildman–Crippen MR) is 120 cm³/mol. The van der Waals surface area contributed by atoms with Crippen molar-refractivity contribution in [2.24, 2.45) is 5.92 Å². The van der Waals surface area contributed by atoms with Crippen molar-refractivity contribution < 1.29 is 9.59 Å². The molecule has 2 aromatic carbocycles. The van der Waals surface area contributed by atoms with E-state index >= 15 is 0 Å². The van der Waals surface area contributed by atoms with Crippen molar-refractivity contribution >= 4 is 17.5 Å². The molecule has 5 nitrogen and oxygen atoms in total. The molecule has 0 N–H and O–H groups in total. The Morgan fingerprint density at radius 2 is 1.70 bits per heavy atom. The Morgan fingerprint density at radius 1 is 0.900 bits per heavy atom. The molecule has 2 atom stereocenters. The second-order valence-electron chi connectivity index (χ2n) is 8.62. The monoisotopic (exact) mass is 405 g/mol. The zero-order valence-corrected chi connectivity index (χ0v) is 18.0. The first-order chi connectivity index (χ1) is 14.5. The Labute approximate surface area is 179 Å². The van der Waals surface area contributed by atoms with E-state index in [9.17, 15) is 9.59 Å². The normalized spacial score (nSPS) is 22.1.